The molecule has 7 aromatic rings. The van der Waals surface area contributed by atoms with Crippen LogP contribution >= 0.6 is 0 Å². The van der Waals surface area contributed by atoms with Crippen molar-refractivity contribution in [2.24, 2.45) is 0 Å². The van der Waals surface area contributed by atoms with Gasteiger partial charge in [-0.1, -0.05) is 53.7 Å². The molecule has 7 rings (SSSR count). The van der Waals surface area contributed by atoms with E-state index < -0.39 is 130 Å². The van der Waals surface area contributed by atoms with Gasteiger partial charge in [0.1, 0.15) is 40.2 Å². The van der Waals surface area contributed by atoms with Crippen molar-refractivity contribution in [1.29, 1.82) is 5.26 Å². The number of nitrogens with zero attached hydrogens (tertiary/aromatic N) is 4. The van der Waals surface area contributed by atoms with E-state index in [9.17, 15) is 103 Å². The number of carbonyl (C=O) groups is 2. The van der Waals surface area contributed by atoms with E-state index in [1.54, 1.807) is 6.07 Å². The number of H-pyrrole nitrogens is 1. The quantitative estimate of drug-likeness (QED) is 0.0839. The third kappa shape index (κ3) is 16.8. The largest absolute Gasteiger partial charge is 0.573 e. The molecular weight excluding hydrogens is 1170 g/mol. The summed E-state index contributed by atoms with van der Waals surface area (Å²) in [4.78, 5) is 26.6. The second-order valence-corrected chi connectivity index (χ2v) is 16.7. The second-order valence-electron chi connectivity index (χ2n) is 16.7. The van der Waals surface area contributed by atoms with Crippen LogP contribution in [0.25, 0.3) is 0 Å². The van der Waals surface area contributed by atoms with Gasteiger partial charge < -0.3 is 29.6 Å². The Morgan fingerprint density at radius 2 is 0.795 bits per heavy atom. The molecule has 13 nitrogen and oxygen atoms in total. The van der Waals surface area contributed by atoms with E-state index in [1.165, 1.54) is 0 Å². The van der Waals surface area contributed by atoms with Crippen LogP contribution in [0, 0.1) is 23.0 Å². The lowest BCUT2D eigenvalue weighted by Crippen LogP contribution is -2.49. The van der Waals surface area contributed by atoms with E-state index in [1.807, 2.05) is 0 Å². The van der Waals surface area contributed by atoms with Crippen LogP contribution in [-0.4, -0.2) is 57.9 Å². The predicted octanol–water partition coefficient (Wildman–Crippen LogP) is 13.3. The Bertz CT molecular complexity index is 3350. The van der Waals surface area contributed by atoms with Crippen molar-refractivity contribution in [2.45, 2.75) is 61.7 Å². The third-order valence-electron chi connectivity index (χ3n) is 11.1. The van der Waals surface area contributed by atoms with Gasteiger partial charge in [0.25, 0.3) is 11.8 Å². The average molecular weight is 1200 g/mol. The average Bonchev–Trinajstić information content (AvgIpc) is 1.89. The number of nitrogens with one attached hydrogen (secondary N) is 3. The van der Waals surface area contributed by atoms with Crippen molar-refractivity contribution in [2.75, 3.05) is 0 Å². The molecule has 33 heteroatoms. The Balaban J connectivity index is 0.000000267. The predicted molar refractivity (Wildman–Crippen MR) is 240 cm³/mol. The molecule has 0 aliphatic rings. The van der Waals surface area contributed by atoms with Crippen LogP contribution in [0.2, 0.25) is 0 Å². The van der Waals surface area contributed by atoms with Crippen LogP contribution in [0.5, 0.6) is 23.0 Å². The number of alkyl halides is 18. The van der Waals surface area contributed by atoms with Crippen LogP contribution in [0.4, 0.5) is 87.8 Å². The maximum atomic E-state index is 13.9. The number of nitriles is 1. The summed E-state index contributed by atoms with van der Waals surface area (Å²) in [6.07, 6.45) is -32.6. The summed E-state index contributed by atoms with van der Waals surface area (Å²) in [5, 5.41) is 27.1. The highest BCUT2D eigenvalue weighted by Crippen LogP contribution is 2.42. The molecule has 0 saturated carbocycles. The normalized spacial score (nSPS) is 12.5. The van der Waals surface area contributed by atoms with Gasteiger partial charge >= 0.3 is 37.8 Å². The van der Waals surface area contributed by atoms with Crippen molar-refractivity contribution in [3.05, 3.63) is 195 Å². The van der Waals surface area contributed by atoms with Gasteiger partial charge in [0.15, 0.2) is 5.82 Å². The summed E-state index contributed by atoms with van der Waals surface area (Å²) < 4.78 is 278. The minimum absolute atomic E-state index is 0.161. The fraction of sp³-hybridized carbons (Fsp3) is 0.200. The highest BCUT2D eigenvalue weighted by molar-refractivity contribution is 5.96. The van der Waals surface area contributed by atoms with E-state index >= 15 is 0 Å². The molecule has 440 valence electrons. The van der Waals surface area contributed by atoms with Gasteiger partial charge in [0.2, 0.25) is 0 Å². The summed E-state index contributed by atoms with van der Waals surface area (Å²) in [5.74, 6) is -9.67. The summed E-state index contributed by atoms with van der Waals surface area (Å²) >= 11 is 0. The van der Waals surface area contributed by atoms with Gasteiger partial charge in [-0.3, -0.25) is 9.59 Å². The van der Waals surface area contributed by atoms with Gasteiger partial charge in [-0.05, 0) is 107 Å². The maximum Gasteiger partial charge on any atom is 0.573 e. The Hall–Kier alpha value is -9.38. The molecule has 1 heterocycles. The number of amides is 2. The molecule has 0 aliphatic carbocycles. The van der Waals surface area contributed by atoms with E-state index in [-0.39, 0.29) is 40.2 Å². The molecule has 0 bridgehead atoms. The molecule has 0 unspecified atom stereocenters. The van der Waals surface area contributed by atoms with Crippen molar-refractivity contribution in [1.82, 2.24) is 31.3 Å². The van der Waals surface area contributed by atoms with Crippen molar-refractivity contribution in [3.8, 4) is 29.1 Å². The first-order valence-corrected chi connectivity index (χ1v) is 22.3. The molecule has 3 N–H and O–H groups in total. The lowest BCUT2D eigenvalue weighted by Gasteiger charge is -2.36. The number of carbonyl (C=O) groups excluding carboxylic acids is 2. The number of aromatic nitrogens is 4. The molecule has 1 aromatic heterocycles. The first-order valence-electron chi connectivity index (χ1n) is 22.3. The van der Waals surface area contributed by atoms with E-state index in [0.717, 1.165) is 97.1 Å². The fourth-order valence-corrected chi connectivity index (χ4v) is 7.87. The van der Waals surface area contributed by atoms with Gasteiger partial charge in [0.05, 0.1) is 29.2 Å². The van der Waals surface area contributed by atoms with Gasteiger partial charge in [-0.15, -0.1) is 62.9 Å². The third-order valence-corrected chi connectivity index (χ3v) is 11.1. The second kappa shape index (κ2) is 24.0. The van der Waals surface area contributed by atoms with Crippen LogP contribution in [0.15, 0.2) is 133 Å². The number of hydrogen-bond donors (Lipinski definition) is 3. The number of hydrogen-bond acceptors (Lipinski definition) is 10. The molecule has 2 amide bonds. The number of tetrazole rings is 1. The zero-order valence-corrected chi connectivity index (χ0v) is 40.4. The smallest absolute Gasteiger partial charge is 0.406 e. The number of ether oxygens (including phenoxy) is 4. The maximum absolute atomic E-state index is 13.9. The van der Waals surface area contributed by atoms with Crippen LogP contribution in [0.1, 0.15) is 66.3 Å². The number of benzene rings is 6. The van der Waals surface area contributed by atoms with Crippen LogP contribution in [0.3, 0.4) is 0 Å². The zero-order valence-electron chi connectivity index (χ0n) is 40.4. The minimum Gasteiger partial charge on any atom is -0.406 e. The van der Waals surface area contributed by atoms with Gasteiger partial charge in [-0.2, -0.15) is 36.8 Å². The number of aromatic amines is 1. The first kappa shape index (κ1) is 62.8. The molecule has 0 spiro atoms. The lowest BCUT2D eigenvalue weighted by molar-refractivity contribution is -0.275. The molecule has 83 heavy (non-hydrogen) atoms. The molecule has 0 saturated heterocycles. The molecule has 0 aliphatic heterocycles. The van der Waals surface area contributed by atoms with Crippen molar-refractivity contribution >= 4 is 11.8 Å². The zero-order chi connectivity index (χ0) is 61.6. The molecule has 0 atom stereocenters. The molecule has 0 radical (unpaired) electrons. The Labute approximate surface area is 450 Å². The lowest BCUT2D eigenvalue weighted by atomic mass is 9.79. The fourth-order valence-electron chi connectivity index (χ4n) is 7.87. The van der Waals surface area contributed by atoms with Crippen LogP contribution in [-0.2, 0) is 29.9 Å². The Morgan fingerprint density at radius 1 is 0.470 bits per heavy atom. The highest BCUT2D eigenvalue weighted by Gasteiger charge is 2.44. The number of halogens is 20. The Morgan fingerprint density at radius 3 is 1.08 bits per heavy atom. The van der Waals surface area contributed by atoms with E-state index in [2.05, 4.69) is 50.2 Å². The van der Waals surface area contributed by atoms with Crippen molar-refractivity contribution < 1.29 is 116 Å². The standard InChI is InChI=1S/C25H15F10N5O3.C25H14F10N2O3/c26-19-8-7-13(9-18(19)23(27,28)29)21(41)36-22(12-20-37-39-40-38-20,14-3-1-5-16(10-14)42-24(30,31)32)15-4-2-6-17(11-15)43-25(33,34)35;26-20-8-7-14(11-19(20)23(27,28)29)21(38)37-22(9-10-36,15-3-1-5-17(12-15)39-24(30,31)32)16-4-2-6-18(13-16)40-25(33,34)35/h1-11H,12H2,(H,36,41)(H,37,38,39,40);1-8,11-13H,9H2,(H,37,38). The molecular formula is C50H29F20N7O6. The summed E-state index contributed by atoms with van der Waals surface area (Å²) in [6.45, 7) is 0. The summed E-state index contributed by atoms with van der Waals surface area (Å²) in [7, 11) is 0. The van der Waals surface area contributed by atoms with E-state index in [0.29, 0.717) is 24.3 Å². The first-order chi connectivity index (χ1) is 38.4. The minimum atomic E-state index is -5.21. The van der Waals surface area contributed by atoms with Crippen molar-refractivity contribution in [3.63, 3.8) is 0 Å². The highest BCUT2D eigenvalue weighted by atomic mass is 19.4. The van der Waals surface area contributed by atoms with Gasteiger partial charge in [-0.25, -0.2) is 8.78 Å². The van der Waals surface area contributed by atoms with Gasteiger partial charge in [0, 0.05) is 17.5 Å². The molecule has 6 aromatic carbocycles. The van der Waals surface area contributed by atoms with E-state index in [4.69, 9.17) is 0 Å². The SMILES string of the molecule is N#CCC(NC(=O)c1ccc(F)c(C(F)(F)F)c1)(c1cccc(OC(F)(F)F)c1)c1cccc(OC(F)(F)F)c1.O=C(NC(Cc1nn[nH]n1)(c1cccc(OC(F)(F)F)c1)c1cccc(OC(F)(F)F)c1)c1ccc(F)c(C(F)(F)F)c1. The summed E-state index contributed by atoms with van der Waals surface area (Å²) in [5.41, 5.74) is -10.8. The Kier molecular flexibility index (Phi) is 18.2. The molecule has 0 fully saturated rings. The van der Waals surface area contributed by atoms with Crippen LogP contribution < -0.4 is 29.6 Å². The number of rotatable bonds is 15. The summed E-state index contributed by atoms with van der Waals surface area (Å²) in [6, 6.07) is 19.3. The topological polar surface area (TPSA) is 173 Å². The monoisotopic (exact) mass is 1200 g/mol.